The maximum absolute atomic E-state index is 12.7. The second-order valence-electron chi connectivity index (χ2n) is 12.8. The number of rotatable bonds is 1. The van der Waals surface area contributed by atoms with E-state index in [1.54, 1.807) is 0 Å². The summed E-state index contributed by atoms with van der Waals surface area (Å²) in [6, 6.07) is 1.89. The van der Waals surface area contributed by atoms with Crippen LogP contribution in [-0.4, -0.2) is 17.7 Å². The number of esters is 1. The van der Waals surface area contributed by atoms with E-state index in [9.17, 15) is 9.59 Å². The van der Waals surface area contributed by atoms with Crippen molar-refractivity contribution < 1.29 is 18.7 Å². The van der Waals surface area contributed by atoms with Gasteiger partial charge in [0.05, 0.1) is 5.56 Å². The van der Waals surface area contributed by atoms with Crippen molar-refractivity contribution in [2.45, 2.75) is 105 Å². The first-order valence-electron chi connectivity index (χ1n) is 12.8. The minimum Gasteiger partial charge on any atom is -0.487 e. The predicted molar refractivity (Wildman–Crippen MR) is 126 cm³/mol. The van der Waals surface area contributed by atoms with Gasteiger partial charge in [-0.05, 0) is 81.5 Å². The zero-order valence-corrected chi connectivity index (χ0v) is 21.4. The zero-order chi connectivity index (χ0) is 24.0. The standard InChI is InChI=1S/C28H40O5/c1-16-14-19-18(24(30)31-16)15-22-27(6)11-8-20-25(3,4)23(32-17(2)29)10-12-26(20,5)21(27)9-13-28(22,7)33-19/h14,20-23H,8-13,15H2,1-7H3. The SMILES string of the molecule is CC(=O)OC1CCC2(C)C(CCC3(C)C4Cc5c(cc(C)oc5=O)OC4(C)CCC32)C1(C)C. The molecule has 1 aromatic rings. The highest BCUT2D eigenvalue weighted by molar-refractivity contribution is 5.66. The van der Waals surface area contributed by atoms with Crippen LogP contribution >= 0.6 is 0 Å². The van der Waals surface area contributed by atoms with E-state index in [0.717, 1.165) is 56.3 Å². The smallest absolute Gasteiger partial charge is 0.342 e. The Morgan fingerprint density at radius 2 is 1.61 bits per heavy atom. The fraction of sp³-hybridized carbons (Fsp3) is 0.786. The summed E-state index contributed by atoms with van der Waals surface area (Å²) in [5.74, 6) is 2.52. The Labute approximate surface area is 197 Å². The molecule has 33 heavy (non-hydrogen) atoms. The Morgan fingerprint density at radius 3 is 2.30 bits per heavy atom. The lowest BCUT2D eigenvalue weighted by atomic mass is 9.37. The average molecular weight is 457 g/mol. The van der Waals surface area contributed by atoms with E-state index in [-0.39, 0.29) is 45.5 Å². The molecule has 5 heteroatoms. The molecule has 1 aromatic heterocycles. The molecular weight excluding hydrogens is 416 g/mol. The highest BCUT2D eigenvalue weighted by Crippen LogP contribution is 2.70. The second kappa shape index (κ2) is 7.11. The maximum Gasteiger partial charge on any atom is 0.342 e. The molecule has 1 aliphatic heterocycles. The molecule has 0 saturated heterocycles. The van der Waals surface area contributed by atoms with Crippen molar-refractivity contribution in [2.24, 2.45) is 34.0 Å². The Balaban J connectivity index is 1.52. The van der Waals surface area contributed by atoms with E-state index >= 15 is 0 Å². The van der Waals surface area contributed by atoms with Gasteiger partial charge < -0.3 is 13.9 Å². The molecule has 2 heterocycles. The monoisotopic (exact) mass is 456 g/mol. The molecule has 0 amide bonds. The van der Waals surface area contributed by atoms with E-state index < -0.39 is 0 Å². The van der Waals surface area contributed by atoms with Gasteiger partial charge in [-0.1, -0.05) is 27.7 Å². The van der Waals surface area contributed by atoms with Gasteiger partial charge in [0.2, 0.25) is 0 Å². The molecule has 5 nitrogen and oxygen atoms in total. The minimum atomic E-state index is -0.258. The molecule has 3 saturated carbocycles. The summed E-state index contributed by atoms with van der Waals surface area (Å²) in [4.78, 5) is 24.5. The first-order valence-corrected chi connectivity index (χ1v) is 12.8. The molecule has 5 rings (SSSR count). The van der Waals surface area contributed by atoms with Crippen LogP contribution in [0.2, 0.25) is 0 Å². The average Bonchev–Trinajstić information content (AvgIpc) is 2.68. The van der Waals surface area contributed by atoms with Crippen LogP contribution in [0, 0.1) is 40.9 Å². The summed E-state index contributed by atoms with van der Waals surface area (Å²) in [5.41, 5.74) is 0.461. The van der Waals surface area contributed by atoms with Gasteiger partial charge in [0, 0.05) is 24.3 Å². The number of ether oxygens (including phenoxy) is 2. The fourth-order valence-electron chi connectivity index (χ4n) is 9.27. The van der Waals surface area contributed by atoms with E-state index in [1.165, 1.54) is 6.92 Å². The molecule has 3 fully saturated rings. The molecule has 7 atom stereocenters. The van der Waals surface area contributed by atoms with Gasteiger partial charge in [0.25, 0.3) is 0 Å². The van der Waals surface area contributed by atoms with E-state index in [0.29, 0.717) is 17.6 Å². The highest BCUT2D eigenvalue weighted by Gasteiger charge is 2.67. The molecule has 7 unspecified atom stereocenters. The van der Waals surface area contributed by atoms with Crippen LogP contribution in [0.25, 0.3) is 0 Å². The van der Waals surface area contributed by atoms with Crippen molar-refractivity contribution in [2.75, 3.05) is 0 Å². The van der Waals surface area contributed by atoms with Crippen molar-refractivity contribution in [3.8, 4) is 5.75 Å². The number of hydrogen-bond acceptors (Lipinski definition) is 5. The molecule has 0 N–H and O–H groups in total. The molecule has 182 valence electrons. The van der Waals surface area contributed by atoms with Crippen LogP contribution in [0.3, 0.4) is 0 Å². The third-order valence-corrected chi connectivity index (χ3v) is 10.7. The van der Waals surface area contributed by atoms with Gasteiger partial charge in [-0.15, -0.1) is 0 Å². The van der Waals surface area contributed by atoms with Crippen molar-refractivity contribution in [3.05, 3.63) is 27.8 Å². The summed E-state index contributed by atoms with van der Waals surface area (Å²) in [7, 11) is 0. The number of fused-ring (bicyclic) bond motifs is 6. The van der Waals surface area contributed by atoms with Crippen molar-refractivity contribution >= 4 is 5.97 Å². The largest absolute Gasteiger partial charge is 0.487 e. The normalized spacial score (nSPS) is 43.2. The van der Waals surface area contributed by atoms with Gasteiger partial charge >= 0.3 is 11.6 Å². The quantitative estimate of drug-likeness (QED) is 0.497. The number of carbonyl (C=O) groups is 1. The Bertz CT molecular complexity index is 1040. The summed E-state index contributed by atoms with van der Waals surface area (Å²) >= 11 is 0. The van der Waals surface area contributed by atoms with Crippen LogP contribution in [-0.2, 0) is 16.0 Å². The lowest BCUT2D eigenvalue weighted by Gasteiger charge is -2.69. The molecule has 3 aliphatic carbocycles. The van der Waals surface area contributed by atoms with E-state index in [2.05, 4.69) is 34.6 Å². The first kappa shape index (κ1) is 23.0. The Kier molecular flexibility index (Phi) is 4.96. The number of aryl methyl sites for hydroxylation is 1. The molecular formula is C28H40O5. The van der Waals surface area contributed by atoms with Gasteiger partial charge in [-0.3, -0.25) is 4.79 Å². The summed E-state index contributed by atoms with van der Waals surface area (Å²) in [6.07, 6.45) is 7.12. The number of carbonyl (C=O) groups excluding carboxylic acids is 1. The van der Waals surface area contributed by atoms with Gasteiger partial charge in [-0.25, -0.2) is 4.79 Å². The van der Waals surface area contributed by atoms with Crippen LogP contribution in [0.4, 0.5) is 0 Å². The molecule has 0 aromatic carbocycles. The Hall–Kier alpha value is -1.78. The van der Waals surface area contributed by atoms with E-state index in [4.69, 9.17) is 13.9 Å². The molecule has 4 aliphatic rings. The highest BCUT2D eigenvalue weighted by atomic mass is 16.5. The zero-order valence-electron chi connectivity index (χ0n) is 21.4. The lowest BCUT2D eigenvalue weighted by Crippen LogP contribution is -2.66. The fourth-order valence-corrected chi connectivity index (χ4v) is 9.27. The van der Waals surface area contributed by atoms with Crippen molar-refractivity contribution in [1.82, 2.24) is 0 Å². The topological polar surface area (TPSA) is 65.7 Å². The van der Waals surface area contributed by atoms with Crippen LogP contribution in [0.5, 0.6) is 5.75 Å². The number of hydrogen-bond donors (Lipinski definition) is 0. The summed E-state index contributed by atoms with van der Waals surface area (Å²) < 4.78 is 17.9. The maximum atomic E-state index is 12.7. The van der Waals surface area contributed by atoms with Crippen LogP contribution in [0.1, 0.15) is 91.4 Å². The minimum absolute atomic E-state index is 0.0101. The third kappa shape index (κ3) is 3.16. The third-order valence-electron chi connectivity index (χ3n) is 10.7. The van der Waals surface area contributed by atoms with Gasteiger partial charge in [-0.2, -0.15) is 0 Å². The molecule has 0 bridgehead atoms. The molecule has 0 radical (unpaired) electrons. The van der Waals surface area contributed by atoms with E-state index in [1.807, 2.05) is 13.0 Å². The molecule has 0 spiro atoms. The van der Waals surface area contributed by atoms with Crippen LogP contribution in [0.15, 0.2) is 15.3 Å². The van der Waals surface area contributed by atoms with Crippen LogP contribution < -0.4 is 10.4 Å². The summed E-state index contributed by atoms with van der Waals surface area (Å²) in [5, 5.41) is 0. The Morgan fingerprint density at radius 1 is 0.970 bits per heavy atom. The van der Waals surface area contributed by atoms with Crippen molar-refractivity contribution in [1.29, 1.82) is 0 Å². The second-order valence-corrected chi connectivity index (χ2v) is 12.8. The summed E-state index contributed by atoms with van der Waals surface area (Å²) in [6.45, 7) is 15.2. The van der Waals surface area contributed by atoms with Crippen molar-refractivity contribution in [3.63, 3.8) is 0 Å². The lowest BCUT2D eigenvalue weighted by molar-refractivity contribution is -0.228. The van der Waals surface area contributed by atoms with Gasteiger partial charge in [0.1, 0.15) is 23.2 Å². The predicted octanol–water partition coefficient (Wildman–Crippen LogP) is 5.84. The van der Waals surface area contributed by atoms with Gasteiger partial charge in [0.15, 0.2) is 0 Å². The first-order chi connectivity index (χ1) is 15.3.